The Morgan fingerprint density at radius 1 is 1.12 bits per heavy atom. The molecule has 25 heavy (non-hydrogen) atoms. The van der Waals surface area contributed by atoms with Gasteiger partial charge in [-0.25, -0.2) is 0 Å². The Kier molecular flexibility index (Phi) is 7.29. The second kappa shape index (κ2) is 9.44. The lowest BCUT2D eigenvalue weighted by Crippen LogP contribution is -2.22. The van der Waals surface area contributed by atoms with Crippen molar-refractivity contribution in [3.05, 3.63) is 58.6 Å². The van der Waals surface area contributed by atoms with Crippen LogP contribution in [0.5, 0.6) is 5.75 Å². The van der Waals surface area contributed by atoms with Crippen LogP contribution in [0.2, 0.25) is 5.02 Å². The standard InChI is InChI=1S/C20H25ClN2O2/c1-4-23(5-2)13-16-6-9-18(10-7-16)22-20(24)14-25-19-11-8-17(21)12-15(19)3/h6-12H,4-5,13-14H2,1-3H3,(H,22,24). The van der Waals surface area contributed by atoms with E-state index in [0.29, 0.717) is 10.8 Å². The lowest BCUT2D eigenvalue weighted by atomic mass is 10.2. The number of carbonyl (C=O) groups excluding carboxylic acids is 1. The molecule has 0 unspecified atom stereocenters. The fraction of sp³-hybridized carbons (Fsp3) is 0.350. The van der Waals surface area contributed by atoms with Gasteiger partial charge in [-0.05, 0) is 61.5 Å². The molecule has 0 radical (unpaired) electrons. The van der Waals surface area contributed by atoms with E-state index in [4.69, 9.17) is 16.3 Å². The number of rotatable bonds is 8. The van der Waals surface area contributed by atoms with Gasteiger partial charge < -0.3 is 10.1 Å². The van der Waals surface area contributed by atoms with Crippen molar-refractivity contribution < 1.29 is 9.53 Å². The third kappa shape index (κ3) is 6.07. The van der Waals surface area contributed by atoms with E-state index in [9.17, 15) is 4.79 Å². The summed E-state index contributed by atoms with van der Waals surface area (Å²) < 4.78 is 5.55. The number of aryl methyl sites for hydroxylation is 1. The van der Waals surface area contributed by atoms with Crippen LogP contribution in [-0.4, -0.2) is 30.5 Å². The van der Waals surface area contributed by atoms with Crippen molar-refractivity contribution >= 4 is 23.2 Å². The van der Waals surface area contributed by atoms with Gasteiger partial charge in [0.25, 0.3) is 5.91 Å². The molecule has 2 aromatic carbocycles. The predicted molar refractivity (Wildman–Crippen MR) is 103 cm³/mol. The van der Waals surface area contributed by atoms with Crippen molar-refractivity contribution in [1.29, 1.82) is 0 Å². The van der Waals surface area contributed by atoms with Crippen LogP contribution in [0, 0.1) is 6.92 Å². The molecule has 0 saturated heterocycles. The molecule has 0 spiro atoms. The molecule has 5 heteroatoms. The Bertz CT molecular complexity index is 697. The third-order valence-corrected chi connectivity index (χ3v) is 4.27. The SMILES string of the molecule is CCN(CC)Cc1ccc(NC(=O)COc2ccc(Cl)cc2C)cc1. The summed E-state index contributed by atoms with van der Waals surface area (Å²) in [6, 6.07) is 13.2. The number of anilines is 1. The fourth-order valence-electron chi connectivity index (χ4n) is 2.51. The average Bonchev–Trinajstić information content (AvgIpc) is 2.60. The molecule has 0 aliphatic heterocycles. The molecule has 2 aromatic rings. The summed E-state index contributed by atoms with van der Waals surface area (Å²) in [4.78, 5) is 14.4. The highest BCUT2D eigenvalue weighted by molar-refractivity contribution is 6.30. The van der Waals surface area contributed by atoms with Crippen molar-refractivity contribution in [2.24, 2.45) is 0 Å². The molecule has 134 valence electrons. The van der Waals surface area contributed by atoms with E-state index in [1.54, 1.807) is 12.1 Å². The predicted octanol–water partition coefficient (Wildman–Crippen LogP) is 4.51. The van der Waals surface area contributed by atoms with Gasteiger partial charge >= 0.3 is 0 Å². The molecule has 1 N–H and O–H groups in total. The summed E-state index contributed by atoms with van der Waals surface area (Å²) in [6.45, 7) is 9.13. The average molecular weight is 361 g/mol. The van der Waals surface area contributed by atoms with Gasteiger partial charge in [0, 0.05) is 17.3 Å². The van der Waals surface area contributed by atoms with Crippen molar-refractivity contribution in [3.8, 4) is 5.75 Å². The van der Waals surface area contributed by atoms with E-state index in [0.717, 1.165) is 30.9 Å². The monoisotopic (exact) mass is 360 g/mol. The maximum Gasteiger partial charge on any atom is 0.262 e. The molecule has 0 heterocycles. The highest BCUT2D eigenvalue weighted by Crippen LogP contribution is 2.21. The van der Waals surface area contributed by atoms with Crippen LogP contribution in [0.15, 0.2) is 42.5 Å². The largest absolute Gasteiger partial charge is 0.483 e. The van der Waals surface area contributed by atoms with E-state index in [1.165, 1.54) is 5.56 Å². The molecule has 2 rings (SSSR count). The topological polar surface area (TPSA) is 41.6 Å². The third-order valence-electron chi connectivity index (χ3n) is 4.03. The van der Waals surface area contributed by atoms with Crippen molar-refractivity contribution in [2.75, 3.05) is 25.0 Å². The Hall–Kier alpha value is -2.04. The molecule has 0 aliphatic carbocycles. The van der Waals surface area contributed by atoms with Gasteiger partial charge in [0.15, 0.2) is 6.61 Å². The number of benzene rings is 2. The number of amides is 1. The Morgan fingerprint density at radius 2 is 1.80 bits per heavy atom. The summed E-state index contributed by atoms with van der Waals surface area (Å²) in [5, 5.41) is 3.50. The first-order chi connectivity index (χ1) is 12.0. The highest BCUT2D eigenvalue weighted by Gasteiger charge is 2.07. The summed E-state index contributed by atoms with van der Waals surface area (Å²) in [7, 11) is 0. The first-order valence-electron chi connectivity index (χ1n) is 8.52. The van der Waals surface area contributed by atoms with E-state index in [-0.39, 0.29) is 12.5 Å². The summed E-state index contributed by atoms with van der Waals surface area (Å²) >= 11 is 5.91. The molecule has 0 atom stereocenters. The number of nitrogens with zero attached hydrogens (tertiary/aromatic N) is 1. The summed E-state index contributed by atoms with van der Waals surface area (Å²) in [5.74, 6) is 0.472. The molecular formula is C20H25ClN2O2. The van der Waals surface area contributed by atoms with E-state index in [2.05, 4.69) is 24.1 Å². The van der Waals surface area contributed by atoms with Crippen LogP contribution in [0.4, 0.5) is 5.69 Å². The maximum atomic E-state index is 12.0. The van der Waals surface area contributed by atoms with Gasteiger partial charge in [-0.2, -0.15) is 0 Å². The maximum absolute atomic E-state index is 12.0. The van der Waals surface area contributed by atoms with Crippen LogP contribution in [0.1, 0.15) is 25.0 Å². The normalized spacial score (nSPS) is 10.8. The lowest BCUT2D eigenvalue weighted by molar-refractivity contribution is -0.118. The second-order valence-corrected chi connectivity index (χ2v) is 6.34. The van der Waals surface area contributed by atoms with Crippen LogP contribution in [-0.2, 0) is 11.3 Å². The van der Waals surface area contributed by atoms with Crippen molar-refractivity contribution in [1.82, 2.24) is 4.90 Å². The molecule has 0 saturated carbocycles. The van der Waals surface area contributed by atoms with E-state index in [1.807, 2.05) is 37.3 Å². The molecule has 0 aliphatic rings. The smallest absolute Gasteiger partial charge is 0.262 e. The summed E-state index contributed by atoms with van der Waals surface area (Å²) in [5.41, 5.74) is 2.90. The molecular weight excluding hydrogens is 336 g/mol. The van der Waals surface area contributed by atoms with Crippen molar-refractivity contribution in [3.63, 3.8) is 0 Å². The Labute approximate surface area is 154 Å². The quantitative estimate of drug-likeness (QED) is 0.753. The summed E-state index contributed by atoms with van der Waals surface area (Å²) in [6.07, 6.45) is 0. The Morgan fingerprint density at radius 3 is 2.40 bits per heavy atom. The van der Waals surface area contributed by atoms with E-state index < -0.39 is 0 Å². The number of hydrogen-bond acceptors (Lipinski definition) is 3. The van der Waals surface area contributed by atoms with Crippen LogP contribution >= 0.6 is 11.6 Å². The molecule has 0 fully saturated rings. The fourth-order valence-corrected chi connectivity index (χ4v) is 2.74. The molecule has 0 bridgehead atoms. The molecule has 1 amide bonds. The number of ether oxygens (including phenoxy) is 1. The van der Waals surface area contributed by atoms with Gasteiger partial charge in [-0.1, -0.05) is 37.6 Å². The molecule has 0 aromatic heterocycles. The lowest BCUT2D eigenvalue weighted by Gasteiger charge is -2.18. The van der Waals surface area contributed by atoms with Crippen molar-refractivity contribution in [2.45, 2.75) is 27.3 Å². The number of nitrogens with one attached hydrogen (secondary N) is 1. The minimum atomic E-state index is -0.189. The highest BCUT2D eigenvalue weighted by atomic mass is 35.5. The zero-order valence-corrected chi connectivity index (χ0v) is 15.8. The van der Waals surface area contributed by atoms with Gasteiger partial charge in [-0.3, -0.25) is 9.69 Å². The number of carbonyl (C=O) groups is 1. The minimum Gasteiger partial charge on any atom is -0.483 e. The van der Waals surface area contributed by atoms with Gasteiger partial charge in [0.2, 0.25) is 0 Å². The number of hydrogen-bond donors (Lipinski definition) is 1. The number of halogens is 1. The van der Waals surface area contributed by atoms with Gasteiger partial charge in [0.05, 0.1) is 0 Å². The molecule has 4 nitrogen and oxygen atoms in total. The second-order valence-electron chi connectivity index (χ2n) is 5.90. The zero-order valence-electron chi connectivity index (χ0n) is 15.0. The van der Waals surface area contributed by atoms with Crippen LogP contribution < -0.4 is 10.1 Å². The van der Waals surface area contributed by atoms with Crippen LogP contribution in [0.3, 0.4) is 0 Å². The van der Waals surface area contributed by atoms with Gasteiger partial charge in [0.1, 0.15) is 5.75 Å². The van der Waals surface area contributed by atoms with E-state index >= 15 is 0 Å². The minimum absolute atomic E-state index is 0.0380. The first-order valence-corrected chi connectivity index (χ1v) is 8.89. The van der Waals surface area contributed by atoms with Crippen LogP contribution in [0.25, 0.3) is 0 Å². The Balaban J connectivity index is 1.85. The first kappa shape index (κ1) is 19.3. The zero-order chi connectivity index (χ0) is 18.2. The van der Waals surface area contributed by atoms with Gasteiger partial charge in [-0.15, -0.1) is 0 Å².